The molecule has 0 spiro atoms. The molecule has 1 aromatic heterocycles. The summed E-state index contributed by atoms with van der Waals surface area (Å²) < 4.78 is 6.36. The van der Waals surface area contributed by atoms with Gasteiger partial charge in [0.1, 0.15) is 11.2 Å². The molecule has 0 saturated heterocycles. The van der Waals surface area contributed by atoms with Gasteiger partial charge in [-0.05, 0) is 69.3 Å². The first-order valence-electron chi connectivity index (χ1n) is 16.7. The summed E-state index contributed by atoms with van der Waals surface area (Å²) in [6, 6.07) is 56.8. The Kier molecular flexibility index (Phi) is 8.01. The van der Waals surface area contributed by atoms with Crippen molar-refractivity contribution in [3.63, 3.8) is 0 Å². The number of hydrogen-bond donors (Lipinski definition) is 0. The molecule has 0 unspecified atom stereocenters. The number of nitrogens with zero attached hydrogens (tertiary/aromatic N) is 2. The van der Waals surface area contributed by atoms with E-state index in [0.717, 1.165) is 61.9 Å². The maximum absolute atomic E-state index is 6.36. The van der Waals surface area contributed by atoms with Crippen molar-refractivity contribution in [1.29, 1.82) is 0 Å². The second-order valence-electron chi connectivity index (χ2n) is 12.2. The molecule has 49 heavy (non-hydrogen) atoms. The van der Waals surface area contributed by atoms with E-state index in [4.69, 9.17) is 14.4 Å². The third kappa shape index (κ3) is 5.99. The monoisotopic (exact) mass is 630 g/mol. The van der Waals surface area contributed by atoms with E-state index >= 15 is 0 Å². The first-order valence-corrected chi connectivity index (χ1v) is 16.7. The smallest absolute Gasteiger partial charge is 0.160 e. The van der Waals surface area contributed by atoms with E-state index < -0.39 is 0 Å². The SMILES string of the molecule is C=C(N=C(N=C(CC)c1ccccc1)c1ccccc1)c1cccc2oc3ccc(-c4ccc(-c5ccc6ccccc6c5)cc4)cc3c12. The van der Waals surface area contributed by atoms with E-state index in [2.05, 4.69) is 117 Å². The van der Waals surface area contributed by atoms with Gasteiger partial charge >= 0.3 is 0 Å². The first kappa shape index (κ1) is 30.0. The van der Waals surface area contributed by atoms with Gasteiger partial charge in [-0.3, -0.25) is 0 Å². The average molecular weight is 631 g/mol. The van der Waals surface area contributed by atoms with Gasteiger partial charge in [-0.25, -0.2) is 9.98 Å². The molecule has 0 fully saturated rings. The van der Waals surface area contributed by atoms with Crippen LogP contribution in [-0.4, -0.2) is 11.5 Å². The lowest BCUT2D eigenvalue weighted by Gasteiger charge is -2.09. The molecule has 0 saturated carbocycles. The quantitative estimate of drug-likeness (QED) is 0.128. The van der Waals surface area contributed by atoms with Crippen LogP contribution in [-0.2, 0) is 0 Å². The van der Waals surface area contributed by atoms with E-state index in [1.165, 1.54) is 21.9 Å². The molecular formula is C46H34N2O. The Balaban J connectivity index is 1.18. The largest absolute Gasteiger partial charge is 0.456 e. The summed E-state index contributed by atoms with van der Waals surface area (Å²) in [5.41, 5.74) is 10.8. The van der Waals surface area contributed by atoms with Gasteiger partial charge in [0, 0.05) is 27.6 Å². The van der Waals surface area contributed by atoms with Crippen LogP contribution in [0.2, 0.25) is 0 Å². The number of furan rings is 1. The van der Waals surface area contributed by atoms with Crippen molar-refractivity contribution < 1.29 is 4.42 Å². The Labute approximate surface area is 286 Å². The van der Waals surface area contributed by atoms with Crippen LogP contribution in [0.3, 0.4) is 0 Å². The van der Waals surface area contributed by atoms with E-state index in [1.54, 1.807) is 0 Å². The van der Waals surface area contributed by atoms with Crippen molar-refractivity contribution in [3.8, 4) is 22.3 Å². The molecule has 0 bridgehead atoms. The summed E-state index contributed by atoms with van der Waals surface area (Å²) >= 11 is 0. The Hall–Kier alpha value is -6.32. The van der Waals surface area contributed by atoms with Gasteiger partial charge in [-0.1, -0.05) is 153 Å². The van der Waals surface area contributed by atoms with Gasteiger partial charge in [-0.15, -0.1) is 0 Å². The summed E-state index contributed by atoms with van der Waals surface area (Å²) in [5, 5.41) is 4.52. The molecule has 1 heterocycles. The Morgan fingerprint density at radius 2 is 1.14 bits per heavy atom. The van der Waals surface area contributed by atoms with Gasteiger partial charge in [0.05, 0.1) is 5.70 Å². The molecule has 0 aliphatic rings. The van der Waals surface area contributed by atoms with Gasteiger partial charge in [0.15, 0.2) is 5.84 Å². The molecule has 8 rings (SSSR count). The van der Waals surface area contributed by atoms with Crippen LogP contribution in [0.4, 0.5) is 0 Å². The minimum Gasteiger partial charge on any atom is -0.456 e. The molecule has 8 aromatic rings. The van der Waals surface area contributed by atoms with Gasteiger partial charge in [-0.2, -0.15) is 0 Å². The number of benzene rings is 7. The number of aliphatic imine (C=N–C) groups is 2. The highest BCUT2D eigenvalue weighted by atomic mass is 16.3. The molecule has 0 radical (unpaired) electrons. The highest BCUT2D eigenvalue weighted by Crippen LogP contribution is 2.37. The molecule has 0 amide bonds. The fraction of sp³-hybridized carbons (Fsp3) is 0.0435. The maximum atomic E-state index is 6.36. The zero-order chi connectivity index (χ0) is 33.2. The zero-order valence-electron chi connectivity index (χ0n) is 27.3. The Bertz CT molecular complexity index is 2520. The zero-order valence-corrected chi connectivity index (χ0v) is 27.3. The number of amidine groups is 1. The summed E-state index contributed by atoms with van der Waals surface area (Å²) in [6.07, 6.45) is 0.774. The van der Waals surface area contributed by atoms with Crippen molar-refractivity contribution in [2.45, 2.75) is 13.3 Å². The third-order valence-corrected chi connectivity index (χ3v) is 9.06. The number of fused-ring (bicyclic) bond motifs is 4. The summed E-state index contributed by atoms with van der Waals surface area (Å²) in [7, 11) is 0. The van der Waals surface area contributed by atoms with Crippen molar-refractivity contribution in [2.24, 2.45) is 9.98 Å². The van der Waals surface area contributed by atoms with E-state index in [9.17, 15) is 0 Å². The third-order valence-electron chi connectivity index (χ3n) is 9.06. The Morgan fingerprint density at radius 1 is 0.531 bits per heavy atom. The molecule has 3 heteroatoms. The molecular weight excluding hydrogens is 597 g/mol. The standard InChI is InChI=1S/C46H34N2O/c1-3-42(35-14-6-4-7-15-35)48-46(36-16-8-5-9-17-36)47-31(2)40-19-12-20-44-45(40)41-30-39(27-28-43(41)49-44)34-23-21-33(22-24-34)38-26-25-32-13-10-11-18-37(32)29-38/h4-30H,2-3H2,1H3. The highest BCUT2D eigenvalue weighted by Gasteiger charge is 2.16. The van der Waals surface area contributed by atoms with Crippen LogP contribution < -0.4 is 0 Å². The predicted molar refractivity (Wildman–Crippen MR) is 207 cm³/mol. The molecule has 0 N–H and O–H groups in total. The van der Waals surface area contributed by atoms with Crippen LogP contribution >= 0.6 is 0 Å². The maximum Gasteiger partial charge on any atom is 0.160 e. The molecule has 0 aliphatic carbocycles. The van der Waals surface area contributed by atoms with Crippen LogP contribution in [0.5, 0.6) is 0 Å². The van der Waals surface area contributed by atoms with Crippen LogP contribution in [0.15, 0.2) is 185 Å². The number of hydrogen-bond acceptors (Lipinski definition) is 2. The molecule has 7 aromatic carbocycles. The first-order chi connectivity index (χ1) is 24.1. The topological polar surface area (TPSA) is 37.9 Å². The highest BCUT2D eigenvalue weighted by molar-refractivity contribution is 6.15. The lowest BCUT2D eigenvalue weighted by Crippen LogP contribution is -2.06. The van der Waals surface area contributed by atoms with Gasteiger partial charge in [0.25, 0.3) is 0 Å². The van der Waals surface area contributed by atoms with Crippen molar-refractivity contribution in [3.05, 3.63) is 187 Å². The van der Waals surface area contributed by atoms with Crippen LogP contribution in [0, 0.1) is 0 Å². The minimum absolute atomic E-state index is 0.628. The van der Waals surface area contributed by atoms with E-state index in [0.29, 0.717) is 11.5 Å². The summed E-state index contributed by atoms with van der Waals surface area (Å²) in [6.45, 7) is 6.59. The average Bonchev–Trinajstić information content (AvgIpc) is 3.55. The molecule has 0 atom stereocenters. The lowest BCUT2D eigenvalue weighted by molar-refractivity contribution is 0.669. The van der Waals surface area contributed by atoms with Crippen molar-refractivity contribution >= 4 is 50.0 Å². The Morgan fingerprint density at radius 3 is 1.86 bits per heavy atom. The van der Waals surface area contributed by atoms with Crippen LogP contribution in [0.1, 0.15) is 30.0 Å². The second-order valence-corrected chi connectivity index (χ2v) is 12.2. The summed E-state index contributed by atoms with van der Waals surface area (Å²) in [4.78, 5) is 10.2. The predicted octanol–water partition coefficient (Wildman–Crippen LogP) is 12.4. The fourth-order valence-electron chi connectivity index (χ4n) is 6.51. The van der Waals surface area contributed by atoms with Crippen LogP contribution in [0.25, 0.3) is 60.7 Å². The number of rotatable bonds is 7. The normalized spacial score (nSPS) is 12.2. The van der Waals surface area contributed by atoms with Gasteiger partial charge in [0.2, 0.25) is 0 Å². The molecule has 234 valence electrons. The molecule has 3 nitrogen and oxygen atoms in total. The summed E-state index contributed by atoms with van der Waals surface area (Å²) in [5.74, 6) is 0.628. The van der Waals surface area contributed by atoms with E-state index in [1.807, 2.05) is 60.7 Å². The van der Waals surface area contributed by atoms with Crippen molar-refractivity contribution in [2.75, 3.05) is 0 Å². The van der Waals surface area contributed by atoms with Crippen molar-refractivity contribution in [1.82, 2.24) is 0 Å². The van der Waals surface area contributed by atoms with Gasteiger partial charge < -0.3 is 4.42 Å². The van der Waals surface area contributed by atoms with E-state index in [-0.39, 0.29) is 0 Å². The fourth-order valence-corrected chi connectivity index (χ4v) is 6.51. The minimum atomic E-state index is 0.628. The molecule has 0 aliphatic heterocycles. The lowest BCUT2D eigenvalue weighted by atomic mass is 9.97. The second kappa shape index (κ2) is 13.1.